The van der Waals surface area contributed by atoms with Crippen molar-refractivity contribution in [1.29, 1.82) is 0 Å². The molecule has 1 nitrogen and oxygen atoms in total. The number of hydrogen-bond donors (Lipinski definition) is 0. The van der Waals surface area contributed by atoms with Gasteiger partial charge in [0, 0.05) is 16.8 Å². The Balaban J connectivity index is 2.29. The molecule has 0 amide bonds. The molecule has 0 aromatic heterocycles. The Hall–Kier alpha value is -2.62. The zero-order chi connectivity index (χ0) is 26.3. The fraction of sp³-hybridized carbons (Fsp3) is 0.360. The second-order valence-corrected chi connectivity index (χ2v) is 15.1. The van der Waals surface area contributed by atoms with Gasteiger partial charge in [0.2, 0.25) is 0 Å². The first-order valence-electron chi connectivity index (χ1n) is 11.1. The van der Waals surface area contributed by atoms with E-state index in [1.165, 1.54) is 0 Å². The number of benzene rings is 4. The van der Waals surface area contributed by atoms with Crippen molar-refractivity contribution >= 4 is 40.6 Å². The van der Waals surface area contributed by atoms with Crippen molar-refractivity contribution in [3.05, 3.63) is 52.6 Å². The highest BCUT2D eigenvalue weighted by atomic mass is 28.4. The summed E-state index contributed by atoms with van der Waals surface area (Å²) in [5.74, 6) is -15.6. The van der Waals surface area contributed by atoms with E-state index in [1.807, 2.05) is 0 Å². The van der Waals surface area contributed by atoms with Gasteiger partial charge in [0.05, 0.1) is 21.5 Å². The molecule has 0 saturated heterocycles. The highest BCUT2D eigenvalue weighted by Crippen LogP contribution is 2.50. The molecule has 0 aliphatic rings. The van der Waals surface area contributed by atoms with Crippen LogP contribution in [0.25, 0.3) is 32.3 Å². The van der Waals surface area contributed by atoms with E-state index < -0.39 is 92.9 Å². The molecule has 4 rings (SSSR count). The number of hydrogen-bond acceptors (Lipinski definition) is 1. The topological polar surface area (TPSA) is 9.23 Å². The smallest absolute Gasteiger partial charge is 0.259 e. The molecule has 0 spiro atoms. The molecular weight excluding hydrogens is 496 g/mol. The van der Waals surface area contributed by atoms with Gasteiger partial charge in [-0.05, 0) is 16.6 Å². The zero-order valence-electron chi connectivity index (χ0n) is 19.7. The van der Waals surface area contributed by atoms with E-state index in [2.05, 4.69) is 0 Å². The first-order valence-corrected chi connectivity index (χ1v) is 13.2. The molecule has 0 unspecified atom stereocenters. The molecule has 0 saturated carbocycles. The minimum atomic E-state index is -3.13. The molecule has 4 aromatic carbocycles. The molecule has 0 fully saturated rings. The van der Waals surface area contributed by atoms with Crippen molar-refractivity contribution in [2.24, 2.45) is 0 Å². The predicted molar refractivity (Wildman–Crippen MR) is 121 cm³/mol. The second-order valence-electron chi connectivity index (χ2n) is 9.72. The molecule has 188 valence electrons. The lowest BCUT2D eigenvalue weighted by molar-refractivity contribution is 0.417. The van der Waals surface area contributed by atoms with Gasteiger partial charge in [0.15, 0.2) is 40.7 Å². The van der Waals surface area contributed by atoms with E-state index in [9.17, 15) is 17.6 Å². The second kappa shape index (κ2) is 8.21. The number of halogens is 8. The molecule has 0 atom stereocenters. The van der Waals surface area contributed by atoms with Crippen LogP contribution in [0.2, 0.25) is 16.6 Å². The Kier molecular flexibility index (Phi) is 5.98. The Morgan fingerprint density at radius 2 is 0.800 bits per heavy atom. The molecule has 0 N–H and O–H groups in total. The summed E-state index contributed by atoms with van der Waals surface area (Å²) in [4.78, 5) is 0. The van der Waals surface area contributed by atoms with Gasteiger partial charge in [0.25, 0.3) is 8.32 Å². The molecule has 0 heterocycles. The van der Waals surface area contributed by atoms with Crippen molar-refractivity contribution in [2.45, 2.75) is 58.2 Å². The summed E-state index contributed by atoms with van der Waals surface area (Å²) in [5.41, 5.74) is -0.671. The maximum Gasteiger partial charge on any atom is 0.259 e. The molecule has 4 aromatic rings. The van der Waals surface area contributed by atoms with Gasteiger partial charge in [-0.3, -0.25) is 0 Å². The fourth-order valence-electron chi connectivity index (χ4n) is 5.69. The maximum atomic E-state index is 15.8. The summed E-state index contributed by atoms with van der Waals surface area (Å²) < 4.78 is 127. The van der Waals surface area contributed by atoms with E-state index in [0.717, 1.165) is 0 Å². The Bertz CT molecular complexity index is 1390. The minimum absolute atomic E-state index is 0.0575. The minimum Gasteiger partial charge on any atom is -0.539 e. The molecular formula is C25H22F8OSi. The van der Waals surface area contributed by atoms with E-state index in [0.29, 0.717) is 0 Å². The molecule has 10 heteroatoms. The third-order valence-electron chi connectivity index (χ3n) is 7.07. The van der Waals surface area contributed by atoms with Crippen LogP contribution in [0, 0.1) is 46.5 Å². The third kappa shape index (κ3) is 3.17. The third-order valence-corrected chi connectivity index (χ3v) is 13.0. The average molecular weight is 519 g/mol. The van der Waals surface area contributed by atoms with Crippen molar-refractivity contribution in [2.75, 3.05) is 0 Å². The molecule has 0 radical (unpaired) electrons. The first kappa shape index (κ1) is 25.5. The quantitative estimate of drug-likeness (QED) is 0.145. The zero-order valence-corrected chi connectivity index (χ0v) is 20.7. The Morgan fingerprint density at radius 3 is 1.14 bits per heavy atom. The highest BCUT2D eigenvalue weighted by molar-refractivity contribution is 6.78. The van der Waals surface area contributed by atoms with Crippen LogP contribution in [-0.2, 0) is 0 Å². The van der Waals surface area contributed by atoms with Crippen LogP contribution < -0.4 is 4.43 Å². The van der Waals surface area contributed by atoms with E-state index in [4.69, 9.17) is 4.43 Å². The van der Waals surface area contributed by atoms with Gasteiger partial charge in [-0.15, -0.1) is 0 Å². The average Bonchev–Trinajstić information content (AvgIpc) is 2.74. The summed E-state index contributed by atoms with van der Waals surface area (Å²) in [7, 11) is -3.13. The molecule has 0 aliphatic heterocycles. The lowest BCUT2D eigenvalue weighted by Crippen LogP contribution is -2.51. The largest absolute Gasteiger partial charge is 0.539 e. The van der Waals surface area contributed by atoms with Crippen LogP contribution in [0.1, 0.15) is 41.5 Å². The van der Waals surface area contributed by atoms with Crippen molar-refractivity contribution in [3.8, 4) is 5.75 Å². The van der Waals surface area contributed by atoms with Crippen LogP contribution in [0.4, 0.5) is 35.1 Å². The normalized spacial score (nSPS) is 13.1. The lowest BCUT2D eigenvalue weighted by Gasteiger charge is -2.42. The monoisotopic (exact) mass is 518 g/mol. The van der Waals surface area contributed by atoms with E-state index in [-0.39, 0.29) is 22.7 Å². The van der Waals surface area contributed by atoms with Gasteiger partial charge >= 0.3 is 0 Å². The van der Waals surface area contributed by atoms with E-state index in [1.54, 1.807) is 41.5 Å². The highest BCUT2D eigenvalue weighted by Gasteiger charge is 2.48. The first-order chi connectivity index (χ1) is 16.2. The fourth-order valence-corrected chi connectivity index (χ4v) is 10.9. The predicted octanol–water partition coefficient (Wildman–Crippen LogP) is 9.25. The molecule has 35 heavy (non-hydrogen) atoms. The van der Waals surface area contributed by atoms with Crippen molar-refractivity contribution in [1.82, 2.24) is 0 Å². The van der Waals surface area contributed by atoms with Crippen LogP contribution >= 0.6 is 0 Å². The van der Waals surface area contributed by atoms with Crippen LogP contribution in [-0.4, -0.2) is 8.32 Å². The number of rotatable bonds is 5. The van der Waals surface area contributed by atoms with Crippen LogP contribution in [0.5, 0.6) is 5.75 Å². The summed E-state index contributed by atoms with van der Waals surface area (Å²) in [6, 6.07) is 0.0575. The van der Waals surface area contributed by atoms with Gasteiger partial charge in [0.1, 0.15) is 11.6 Å². The van der Waals surface area contributed by atoms with E-state index >= 15 is 17.6 Å². The summed E-state index contributed by atoms with van der Waals surface area (Å²) in [6.07, 6.45) is 0. The van der Waals surface area contributed by atoms with Gasteiger partial charge in [-0.25, -0.2) is 35.1 Å². The molecule has 0 aliphatic carbocycles. The lowest BCUT2D eigenvalue weighted by atomic mass is 9.91. The van der Waals surface area contributed by atoms with Crippen LogP contribution in [0.3, 0.4) is 0 Å². The summed E-state index contributed by atoms with van der Waals surface area (Å²) in [5, 5.41) is -7.01. The van der Waals surface area contributed by atoms with Gasteiger partial charge in [-0.1, -0.05) is 41.5 Å². The van der Waals surface area contributed by atoms with Crippen LogP contribution in [0.15, 0.2) is 6.07 Å². The van der Waals surface area contributed by atoms with Crippen molar-refractivity contribution < 1.29 is 39.5 Å². The van der Waals surface area contributed by atoms with Crippen molar-refractivity contribution in [3.63, 3.8) is 0 Å². The summed E-state index contributed by atoms with van der Waals surface area (Å²) >= 11 is 0. The van der Waals surface area contributed by atoms with Gasteiger partial charge in [-0.2, -0.15) is 0 Å². The Morgan fingerprint density at radius 1 is 0.486 bits per heavy atom. The summed E-state index contributed by atoms with van der Waals surface area (Å²) in [6.45, 7) is 10.7. The maximum absolute atomic E-state index is 15.8. The van der Waals surface area contributed by atoms with Gasteiger partial charge < -0.3 is 4.43 Å². The Labute approximate surface area is 197 Å². The molecule has 0 bridgehead atoms. The SMILES string of the molecule is CC(C)[Si](Oc1c(F)c2c(F)c(F)c3c(F)cc(F)c4c(F)c(F)c(c1F)c2c34)(C(C)C)C(C)C. The standard InChI is InChI=1S/C25H22F8OSi/c1-8(2)35(9(3)4,10(5)6)34-25-23(32)17-16-15-13(19(28)21(17)30)11(26)7-12(27)14(15)20(29)22(31)18(16)24(25)33/h7-10H,1-6H3.